The van der Waals surface area contributed by atoms with Crippen LogP contribution in [0, 0.1) is 17.3 Å². The van der Waals surface area contributed by atoms with Crippen LogP contribution in [0.25, 0.3) is 0 Å². The number of benzene rings is 3. The Balaban J connectivity index is 1.58. The van der Waals surface area contributed by atoms with Crippen LogP contribution < -0.4 is 14.9 Å². The van der Waals surface area contributed by atoms with Gasteiger partial charge >= 0.3 is 0 Å². The van der Waals surface area contributed by atoms with Crippen LogP contribution >= 0.6 is 45.2 Å². The van der Waals surface area contributed by atoms with Crippen LogP contribution in [0.2, 0.25) is 0 Å². The van der Waals surface area contributed by atoms with Crippen LogP contribution in [-0.4, -0.2) is 24.2 Å². The minimum Gasteiger partial charge on any atom is -0.496 e. The van der Waals surface area contributed by atoms with E-state index in [1.807, 2.05) is 12.1 Å². The largest absolute Gasteiger partial charge is 0.496 e. The van der Waals surface area contributed by atoms with Crippen LogP contribution in [0.5, 0.6) is 11.5 Å². The van der Waals surface area contributed by atoms with Crippen molar-refractivity contribution in [1.29, 1.82) is 0 Å². The van der Waals surface area contributed by atoms with Crippen molar-refractivity contribution in [3.63, 3.8) is 0 Å². The van der Waals surface area contributed by atoms with Crippen LogP contribution in [0.1, 0.15) is 21.5 Å². The van der Waals surface area contributed by atoms with E-state index in [2.05, 4.69) is 55.7 Å². The molecule has 0 atom stereocenters. The van der Waals surface area contributed by atoms with Crippen LogP contribution in [0.4, 0.5) is 5.69 Å². The first-order valence-electron chi connectivity index (χ1n) is 9.20. The standard InChI is InChI=1S/C22H17I2N3O5/c1-31-21-11-16(5-8-18(21)23)22(28)26-25-12-15-4-9-20(19(24)10-15)32-13-14-2-6-17(7-3-14)27(29)30/h2-12H,13H2,1H3,(H,26,28)/b25-12-. The smallest absolute Gasteiger partial charge is 0.271 e. The Morgan fingerprint density at radius 1 is 1.06 bits per heavy atom. The minimum absolute atomic E-state index is 0.0419. The maximum atomic E-state index is 12.3. The number of rotatable bonds is 8. The first kappa shape index (κ1) is 23.9. The van der Waals surface area contributed by atoms with Crippen molar-refractivity contribution in [2.45, 2.75) is 6.61 Å². The number of non-ortho nitro benzene ring substituents is 1. The Labute approximate surface area is 211 Å². The average Bonchev–Trinajstić information content (AvgIpc) is 2.79. The summed E-state index contributed by atoms with van der Waals surface area (Å²) in [5.74, 6) is 0.964. The molecule has 8 nitrogen and oxygen atoms in total. The number of ether oxygens (including phenoxy) is 2. The van der Waals surface area contributed by atoms with Crippen molar-refractivity contribution in [2.24, 2.45) is 5.10 Å². The summed E-state index contributed by atoms with van der Waals surface area (Å²) >= 11 is 4.28. The third-order valence-electron chi connectivity index (χ3n) is 4.29. The number of nitrogens with one attached hydrogen (secondary N) is 1. The zero-order valence-electron chi connectivity index (χ0n) is 16.7. The number of amides is 1. The maximum absolute atomic E-state index is 12.3. The quantitative estimate of drug-likeness (QED) is 0.156. The lowest BCUT2D eigenvalue weighted by molar-refractivity contribution is -0.384. The monoisotopic (exact) mass is 657 g/mol. The van der Waals surface area contributed by atoms with E-state index in [9.17, 15) is 14.9 Å². The number of nitro groups is 1. The Bertz CT molecular complexity index is 1170. The summed E-state index contributed by atoms with van der Waals surface area (Å²) in [7, 11) is 1.55. The van der Waals surface area contributed by atoms with Gasteiger partial charge in [0.25, 0.3) is 11.6 Å². The van der Waals surface area contributed by atoms with E-state index >= 15 is 0 Å². The van der Waals surface area contributed by atoms with Gasteiger partial charge in [-0.1, -0.05) is 0 Å². The lowest BCUT2D eigenvalue weighted by Crippen LogP contribution is -2.17. The summed E-state index contributed by atoms with van der Waals surface area (Å²) in [6, 6.07) is 16.9. The van der Waals surface area contributed by atoms with Gasteiger partial charge in [-0.3, -0.25) is 14.9 Å². The molecule has 3 rings (SSSR count). The maximum Gasteiger partial charge on any atom is 0.271 e. The normalized spacial score (nSPS) is 10.7. The van der Waals surface area contributed by atoms with Gasteiger partial charge in [-0.05, 0) is 105 Å². The second-order valence-electron chi connectivity index (χ2n) is 6.45. The molecule has 3 aromatic rings. The number of hydrogen-bond acceptors (Lipinski definition) is 6. The van der Waals surface area contributed by atoms with E-state index in [0.717, 1.165) is 18.3 Å². The Hall–Kier alpha value is -2.74. The molecule has 32 heavy (non-hydrogen) atoms. The first-order chi connectivity index (χ1) is 15.4. The molecule has 0 saturated carbocycles. The van der Waals surface area contributed by atoms with Gasteiger partial charge in [-0.25, -0.2) is 5.43 Å². The van der Waals surface area contributed by atoms with Crippen molar-refractivity contribution < 1.29 is 19.2 Å². The molecule has 0 heterocycles. The van der Waals surface area contributed by atoms with E-state index in [1.54, 1.807) is 49.7 Å². The number of carbonyl (C=O) groups is 1. The van der Waals surface area contributed by atoms with Gasteiger partial charge in [0.05, 0.1) is 25.4 Å². The lowest BCUT2D eigenvalue weighted by atomic mass is 10.2. The molecule has 0 saturated heterocycles. The summed E-state index contributed by atoms with van der Waals surface area (Å²) in [6.07, 6.45) is 1.55. The average molecular weight is 657 g/mol. The van der Waals surface area contributed by atoms with Gasteiger partial charge in [-0.15, -0.1) is 0 Å². The van der Waals surface area contributed by atoms with Crippen LogP contribution in [0.3, 0.4) is 0 Å². The summed E-state index contributed by atoms with van der Waals surface area (Å²) in [6.45, 7) is 0.289. The van der Waals surface area contributed by atoms with Gasteiger partial charge in [-0.2, -0.15) is 5.10 Å². The number of carbonyl (C=O) groups excluding carboxylic acids is 1. The first-order valence-corrected chi connectivity index (χ1v) is 11.4. The second-order valence-corrected chi connectivity index (χ2v) is 8.77. The van der Waals surface area contributed by atoms with Gasteiger partial charge in [0.2, 0.25) is 0 Å². The minimum atomic E-state index is -0.437. The van der Waals surface area contributed by atoms with Gasteiger partial charge in [0, 0.05) is 17.7 Å². The molecule has 1 N–H and O–H groups in total. The zero-order chi connectivity index (χ0) is 23.1. The second kappa shape index (κ2) is 11.2. The topological polar surface area (TPSA) is 103 Å². The van der Waals surface area contributed by atoms with Gasteiger partial charge in [0.15, 0.2) is 0 Å². The number of hydrogen-bond donors (Lipinski definition) is 1. The number of methoxy groups -OCH3 is 1. The molecule has 164 valence electrons. The Kier molecular flexibility index (Phi) is 8.39. The van der Waals surface area contributed by atoms with E-state index in [1.165, 1.54) is 12.1 Å². The van der Waals surface area contributed by atoms with E-state index < -0.39 is 4.92 Å². The molecular weight excluding hydrogens is 640 g/mol. The predicted octanol–water partition coefficient (Wildman–Crippen LogP) is 5.16. The molecule has 0 aliphatic heterocycles. The lowest BCUT2D eigenvalue weighted by Gasteiger charge is -2.09. The number of halogens is 2. The molecule has 3 aromatic carbocycles. The highest BCUT2D eigenvalue weighted by Crippen LogP contribution is 2.24. The third kappa shape index (κ3) is 6.38. The summed E-state index contributed by atoms with van der Waals surface area (Å²) in [5.41, 5.74) is 4.61. The molecule has 10 heteroatoms. The summed E-state index contributed by atoms with van der Waals surface area (Å²) in [5, 5.41) is 14.7. The van der Waals surface area contributed by atoms with Crippen molar-refractivity contribution in [3.05, 3.63) is 94.6 Å². The fourth-order valence-corrected chi connectivity index (χ4v) is 3.87. The molecule has 0 radical (unpaired) electrons. The Morgan fingerprint density at radius 2 is 1.81 bits per heavy atom. The van der Waals surface area contributed by atoms with Crippen LogP contribution in [-0.2, 0) is 6.61 Å². The molecule has 1 amide bonds. The zero-order valence-corrected chi connectivity index (χ0v) is 21.1. The molecule has 0 aliphatic carbocycles. The fourth-order valence-electron chi connectivity index (χ4n) is 2.62. The number of nitrogens with zero attached hydrogens (tertiary/aromatic N) is 2. The number of nitro benzene ring substituents is 1. The molecule has 0 aliphatic rings. The third-order valence-corrected chi connectivity index (χ3v) is 6.02. The molecule has 0 bridgehead atoms. The molecular formula is C22H17I2N3O5. The van der Waals surface area contributed by atoms with E-state index in [0.29, 0.717) is 17.1 Å². The SMILES string of the molecule is COc1cc(C(=O)N/N=C\c2ccc(OCc3ccc([N+](=O)[O-])cc3)c(I)c2)ccc1I. The fraction of sp³-hybridized carbons (Fsp3) is 0.0909. The van der Waals surface area contributed by atoms with Gasteiger partial charge < -0.3 is 9.47 Å². The predicted molar refractivity (Wildman–Crippen MR) is 137 cm³/mol. The summed E-state index contributed by atoms with van der Waals surface area (Å²) in [4.78, 5) is 22.6. The van der Waals surface area contributed by atoms with Crippen molar-refractivity contribution in [3.8, 4) is 11.5 Å². The highest BCUT2D eigenvalue weighted by molar-refractivity contribution is 14.1. The van der Waals surface area contributed by atoms with E-state index in [4.69, 9.17) is 9.47 Å². The highest BCUT2D eigenvalue weighted by Gasteiger charge is 2.09. The molecule has 0 aromatic heterocycles. The number of hydrazone groups is 1. The molecule has 0 unspecified atom stereocenters. The van der Waals surface area contributed by atoms with Crippen molar-refractivity contribution >= 4 is 63.0 Å². The Morgan fingerprint density at radius 3 is 2.47 bits per heavy atom. The summed E-state index contributed by atoms with van der Waals surface area (Å²) < 4.78 is 12.8. The highest BCUT2D eigenvalue weighted by atomic mass is 127. The van der Waals surface area contributed by atoms with Crippen molar-refractivity contribution in [1.82, 2.24) is 5.43 Å². The van der Waals surface area contributed by atoms with Crippen molar-refractivity contribution in [2.75, 3.05) is 7.11 Å². The van der Waals surface area contributed by atoms with Gasteiger partial charge in [0.1, 0.15) is 18.1 Å². The van der Waals surface area contributed by atoms with E-state index in [-0.39, 0.29) is 18.2 Å². The molecule has 0 spiro atoms. The van der Waals surface area contributed by atoms with Crippen LogP contribution in [0.15, 0.2) is 65.8 Å². The molecule has 0 fully saturated rings.